The number of rotatable bonds is 5. The molecule has 0 N–H and O–H groups in total. The number of aromatic nitrogens is 3. The van der Waals surface area contributed by atoms with Crippen LogP contribution in [0.1, 0.15) is 17.5 Å². The molecule has 7 heteroatoms. The third kappa shape index (κ3) is 3.03. The molecule has 4 rings (SSSR count). The first-order valence-corrected chi connectivity index (χ1v) is 10.5. The minimum Gasteiger partial charge on any atom is -0.496 e. The van der Waals surface area contributed by atoms with Crippen molar-refractivity contribution in [1.82, 2.24) is 15.0 Å². The molecule has 1 aliphatic rings. The summed E-state index contributed by atoms with van der Waals surface area (Å²) in [6.07, 6.45) is 5.06. The molecule has 1 fully saturated rings. The molecule has 0 spiro atoms. The quantitative estimate of drug-likeness (QED) is 0.472. The highest BCUT2D eigenvalue weighted by Crippen LogP contribution is 2.40. The molecule has 0 atom stereocenters. The van der Waals surface area contributed by atoms with Gasteiger partial charge in [0, 0.05) is 47.4 Å². The van der Waals surface area contributed by atoms with Gasteiger partial charge in [-0.15, -0.1) is 0 Å². The molecule has 0 amide bonds. The van der Waals surface area contributed by atoms with Crippen molar-refractivity contribution in [2.75, 3.05) is 38.5 Å². The second-order valence-electron chi connectivity index (χ2n) is 6.87. The highest BCUT2D eigenvalue weighted by Gasteiger charge is 2.23. The van der Waals surface area contributed by atoms with Gasteiger partial charge in [0.1, 0.15) is 17.0 Å². The van der Waals surface area contributed by atoms with E-state index in [0.717, 1.165) is 68.9 Å². The van der Waals surface area contributed by atoms with Crippen molar-refractivity contribution >= 4 is 28.5 Å². The SMILES string of the molecule is COc1cc(OC)c(C)c(-c2cc3cnc(SC)nc3c(N3CCC3)n2)c1C. The van der Waals surface area contributed by atoms with Crippen LogP contribution in [-0.2, 0) is 0 Å². The number of fused-ring (bicyclic) bond motifs is 1. The molecule has 0 radical (unpaired) electrons. The number of anilines is 1. The van der Waals surface area contributed by atoms with Gasteiger partial charge in [-0.3, -0.25) is 0 Å². The number of methoxy groups -OCH3 is 2. The van der Waals surface area contributed by atoms with Gasteiger partial charge in [0.2, 0.25) is 0 Å². The molecule has 3 heterocycles. The third-order valence-electron chi connectivity index (χ3n) is 5.31. The summed E-state index contributed by atoms with van der Waals surface area (Å²) in [5.74, 6) is 2.51. The van der Waals surface area contributed by atoms with Gasteiger partial charge in [0.15, 0.2) is 11.0 Å². The van der Waals surface area contributed by atoms with Gasteiger partial charge in [-0.2, -0.15) is 0 Å². The molecule has 1 saturated heterocycles. The standard InChI is InChI=1S/C21H24N4O2S/c1-12-16(26-3)10-17(27-4)13(2)18(12)15-9-14-11-22-21(28-5)24-19(14)20(23-15)25-7-6-8-25/h9-11H,6-8H2,1-5H3. The fraction of sp³-hybridized carbons (Fsp3) is 0.381. The number of thioether (sulfide) groups is 1. The Bertz CT molecular complexity index is 1020. The van der Waals surface area contributed by atoms with Crippen LogP contribution in [0.4, 0.5) is 5.82 Å². The van der Waals surface area contributed by atoms with E-state index in [4.69, 9.17) is 19.4 Å². The average Bonchev–Trinajstić information content (AvgIpc) is 2.67. The predicted molar refractivity (Wildman–Crippen MR) is 114 cm³/mol. The lowest BCUT2D eigenvalue weighted by atomic mass is 9.96. The average molecular weight is 397 g/mol. The molecule has 2 aromatic heterocycles. The van der Waals surface area contributed by atoms with Crippen LogP contribution in [0.15, 0.2) is 23.5 Å². The van der Waals surface area contributed by atoms with Crippen LogP contribution >= 0.6 is 11.8 Å². The third-order valence-corrected chi connectivity index (χ3v) is 5.87. The van der Waals surface area contributed by atoms with Gasteiger partial charge < -0.3 is 14.4 Å². The van der Waals surface area contributed by atoms with Gasteiger partial charge >= 0.3 is 0 Å². The number of nitrogens with zero attached hydrogens (tertiary/aromatic N) is 4. The van der Waals surface area contributed by atoms with Crippen molar-refractivity contribution in [3.8, 4) is 22.8 Å². The van der Waals surface area contributed by atoms with Crippen LogP contribution in [-0.4, -0.2) is 48.5 Å². The Labute approximate surface area is 169 Å². The molecule has 28 heavy (non-hydrogen) atoms. The van der Waals surface area contributed by atoms with E-state index >= 15 is 0 Å². The van der Waals surface area contributed by atoms with Gasteiger partial charge in [0.25, 0.3) is 0 Å². The molecule has 1 aliphatic heterocycles. The second-order valence-corrected chi connectivity index (χ2v) is 7.65. The van der Waals surface area contributed by atoms with Gasteiger partial charge in [-0.05, 0) is 32.6 Å². The van der Waals surface area contributed by atoms with E-state index < -0.39 is 0 Å². The van der Waals surface area contributed by atoms with Gasteiger partial charge in [-0.25, -0.2) is 15.0 Å². The largest absolute Gasteiger partial charge is 0.496 e. The summed E-state index contributed by atoms with van der Waals surface area (Å²) in [4.78, 5) is 16.6. The van der Waals surface area contributed by atoms with Gasteiger partial charge in [0.05, 0.1) is 19.9 Å². The lowest BCUT2D eigenvalue weighted by Crippen LogP contribution is -2.38. The van der Waals surface area contributed by atoms with Crippen molar-refractivity contribution in [1.29, 1.82) is 0 Å². The number of ether oxygens (including phenoxy) is 2. The van der Waals surface area contributed by atoms with E-state index in [1.165, 1.54) is 6.42 Å². The summed E-state index contributed by atoms with van der Waals surface area (Å²) >= 11 is 1.54. The van der Waals surface area contributed by atoms with Crippen LogP contribution in [0.3, 0.4) is 0 Å². The van der Waals surface area contributed by atoms with Crippen molar-refractivity contribution in [2.45, 2.75) is 25.4 Å². The lowest BCUT2D eigenvalue weighted by Gasteiger charge is -2.33. The summed E-state index contributed by atoms with van der Waals surface area (Å²) < 4.78 is 11.2. The summed E-state index contributed by atoms with van der Waals surface area (Å²) in [7, 11) is 3.36. The monoisotopic (exact) mass is 396 g/mol. The first-order valence-electron chi connectivity index (χ1n) is 9.26. The van der Waals surface area contributed by atoms with E-state index in [0.29, 0.717) is 0 Å². The maximum Gasteiger partial charge on any atom is 0.187 e. The Morgan fingerprint density at radius 3 is 2.21 bits per heavy atom. The zero-order chi connectivity index (χ0) is 19.8. The molecule has 0 saturated carbocycles. The Hall–Kier alpha value is -2.54. The topological polar surface area (TPSA) is 60.4 Å². The van der Waals surface area contributed by atoms with E-state index in [1.54, 1.807) is 26.0 Å². The summed E-state index contributed by atoms with van der Waals surface area (Å²) in [6, 6.07) is 4.00. The minimum atomic E-state index is 0.763. The Morgan fingerprint density at radius 1 is 1.00 bits per heavy atom. The number of hydrogen-bond acceptors (Lipinski definition) is 7. The van der Waals surface area contributed by atoms with Crippen LogP contribution in [0.5, 0.6) is 11.5 Å². The van der Waals surface area contributed by atoms with E-state index in [9.17, 15) is 0 Å². The summed E-state index contributed by atoms with van der Waals surface area (Å²) in [6.45, 7) is 6.12. The zero-order valence-corrected chi connectivity index (χ0v) is 17.7. The van der Waals surface area contributed by atoms with E-state index in [1.807, 2.05) is 18.5 Å². The molecule has 6 nitrogen and oxygen atoms in total. The van der Waals surface area contributed by atoms with Crippen molar-refractivity contribution in [3.05, 3.63) is 29.5 Å². The van der Waals surface area contributed by atoms with E-state index in [2.05, 4.69) is 29.8 Å². The molecule has 1 aromatic carbocycles. The van der Waals surface area contributed by atoms with Gasteiger partial charge in [-0.1, -0.05) is 11.8 Å². The maximum absolute atomic E-state index is 5.59. The van der Waals surface area contributed by atoms with Crippen molar-refractivity contribution < 1.29 is 9.47 Å². The minimum absolute atomic E-state index is 0.763. The number of benzene rings is 1. The van der Waals surface area contributed by atoms with E-state index in [-0.39, 0.29) is 0 Å². The van der Waals surface area contributed by atoms with Crippen LogP contribution < -0.4 is 14.4 Å². The van der Waals surface area contributed by atoms with Crippen LogP contribution in [0, 0.1) is 13.8 Å². The highest BCUT2D eigenvalue weighted by molar-refractivity contribution is 7.98. The summed E-state index contributed by atoms with van der Waals surface area (Å²) in [5.41, 5.74) is 4.93. The number of hydrogen-bond donors (Lipinski definition) is 0. The molecular formula is C21H24N4O2S. The zero-order valence-electron chi connectivity index (χ0n) is 16.9. The Morgan fingerprint density at radius 2 is 1.68 bits per heavy atom. The first-order chi connectivity index (χ1) is 13.6. The number of pyridine rings is 1. The molecule has 3 aromatic rings. The molecule has 0 aliphatic carbocycles. The molecular weight excluding hydrogens is 372 g/mol. The van der Waals surface area contributed by atoms with Crippen molar-refractivity contribution in [2.24, 2.45) is 0 Å². The van der Waals surface area contributed by atoms with Crippen molar-refractivity contribution in [3.63, 3.8) is 0 Å². The smallest absolute Gasteiger partial charge is 0.187 e. The Balaban J connectivity index is 2.00. The summed E-state index contributed by atoms with van der Waals surface area (Å²) in [5, 5.41) is 1.75. The lowest BCUT2D eigenvalue weighted by molar-refractivity contribution is 0.391. The second kappa shape index (κ2) is 7.47. The maximum atomic E-state index is 5.59. The highest BCUT2D eigenvalue weighted by atomic mass is 32.2. The fourth-order valence-corrected chi connectivity index (χ4v) is 3.99. The normalized spacial score (nSPS) is 13.5. The molecule has 0 unspecified atom stereocenters. The predicted octanol–water partition coefficient (Wildman–Crippen LogP) is 4.26. The fourth-order valence-electron chi connectivity index (χ4n) is 3.65. The molecule has 0 bridgehead atoms. The molecule has 146 valence electrons. The first kappa shape index (κ1) is 18.8. The van der Waals surface area contributed by atoms with Crippen LogP contribution in [0.2, 0.25) is 0 Å². The Kier molecular flexibility index (Phi) is 5.02. The van der Waals surface area contributed by atoms with Crippen LogP contribution in [0.25, 0.3) is 22.2 Å².